The summed E-state index contributed by atoms with van der Waals surface area (Å²) in [5.74, 6) is -1.49. The lowest BCUT2D eigenvalue weighted by Crippen LogP contribution is -2.10. The van der Waals surface area contributed by atoms with Crippen molar-refractivity contribution >= 4 is 29.9 Å². The predicted molar refractivity (Wildman–Crippen MR) is 33.4 cm³/mol. The standard InChI is InChI=1S/C3H4F2O2.HI/c1-7-3(6)2(4)5;/h2H,1H3;1H. The summed E-state index contributed by atoms with van der Waals surface area (Å²) >= 11 is 0. The van der Waals surface area contributed by atoms with Gasteiger partial charge >= 0.3 is 12.4 Å². The van der Waals surface area contributed by atoms with Gasteiger partial charge in [-0.3, -0.25) is 0 Å². The molecule has 0 aromatic carbocycles. The van der Waals surface area contributed by atoms with Crippen LogP contribution in [0.5, 0.6) is 0 Å². The average molecular weight is 238 g/mol. The van der Waals surface area contributed by atoms with Gasteiger partial charge in [-0.05, 0) is 0 Å². The molecule has 8 heavy (non-hydrogen) atoms. The Kier molecular flexibility index (Phi) is 7.11. The van der Waals surface area contributed by atoms with Crippen LogP contribution in [0.3, 0.4) is 0 Å². The maximum atomic E-state index is 11.0. The molecule has 0 rings (SSSR count). The lowest BCUT2D eigenvalue weighted by Gasteiger charge is -1.91. The second-order valence-corrected chi connectivity index (χ2v) is 0.824. The molecule has 0 spiro atoms. The Morgan fingerprint density at radius 3 is 2.00 bits per heavy atom. The van der Waals surface area contributed by atoms with Gasteiger partial charge in [-0.2, -0.15) is 8.78 Å². The second kappa shape index (κ2) is 5.20. The van der Waals surface area contributed by atoms with E-state index in [0.29, 0.717) is 0 Å². The predicted octanol–water partition coefficient (Wildman–Crippen LogP) is 1.04. The van der Waals surface area contributed by atoms with Crippen LogP contribution in [0, 0.1) is 0 Å². The zero-order valence-corrected chi connectivity index (χ0v) is 6.39. The molecule has 0 radical (unpaired) electrons. The molecule has 5 heteroatoms. The first-order chi connectivity index (χ1) is 3.18. The second-order valence-electron chi connectivity index (χ2n) is 0.824. The topological polar surface area (TPSA) is 26.3 Å². The van der Waals surface area contributed by atoms with Crippen molar-refractivity contribution in [1.29, 1.82) is 0 Å². The average Bonchev–Trinajstić information content (AvgIpc) is 1.65. The number of methoxy groups -OCH3 is 1. The van der Waals surface area contributed by atoms with Gasteiger partial charge in [0.2, 0.25) is 0 Å². The molecular formula is C3H5F2IO2. The van der Waals surface area contributed by atoms with Crippen LogP contribution in [0.2, 0.25) is 0 Å². The Labute approximate surface area is 62.2 Å². The molecule has 0 amide bonds. The van der Waals surface area contributed by atoms with E-state index < -0.39 is 12.4 Å². The van der Waals surface area contributed by atoms with Crippen molar-refractivity contribution in [2.45, 2.75) is 6.43 Å². The molecule has 0 aliphatic heterocycles. The van der Waals surface area contributed by atoms with Crippen molar-refractivity contribution in [3.63, 3.8) is 0 Å². The highest BCUT2D eigenvalue weighted by Gasteiger charge is 2.13. The highest BCUT2D eigenvalue weighted by molar-refractivity contribution is 14.0. The lowest BCUT2D eigenvalue weighted by atomic mass is 10.7. The van der Waals surface area contributed by atoms with E-state index in [0.717, 1.165) is 7.11 Å². The van der Waals surface area contributed by atoms with Crippen LogP contribution in [0.1, 0.15) is 0 Å². The molecule has 0 aromatic rings. The van der Waals surface area contributed by atoms with E-state index in [-0.39, 0.29) is 24.0 Å². The van der Waals surface area contributed by atoms with Crippen molar-refractivity contribution in [3.05, 3.63) is 0 Å². The fraction of sp³-hybridized carbons (Fsp3) is 0.667. The van der Waals surface area contributed by atoms with E-state index in [1.807, 2.05) is 0 Å². The summed E-state index contributed by atoms with van der Waals surface area (Å²) in [5, 5.41) is 0. The summed E-state index contributed by atoms with van der Waals surface area (Å²) in [6, 6.07) is 0. The Morgan fingerprint density at radius 2 is 2.00 bits per heavy atom. The first-order valence-electron chi connectivity index (χ1n) is 1.54. The van der Waals surface area contributed by atoms with Crippen LogP contribution in [0.25, 0.3) is 0 Å². The molecule has 0 atom stereocenters. The summed E-state index contributed by atoms with van der Waals surface area (Å²) in [4.78, 5) is 9.54. The van der Waals surface area contributed by atoms with E-state index >= 15 is 0 Å². The van der Waals surface area contributed by atoms with Crippen LogP contribution in [-0.4, -0.2) is 19.5 Å². The van der Waals surface area contributed by atoms with Gasteiger partial charge in [0.25, 0.3) is 0 Å². The third kappa shape index (κ3) is 4.23. The smallest absolute Gasteiger partial charge is 0.373 e. The summed E-state index contributed by atoms with van der Waals surface area (Å²) in [6.45, 7) is 0. The Hall–Kier alpha value is 0.0600. The monoisotopic (exact) mass is 238 g/mol. The molecule has 0 saturated carbocycles. The van der Waals surface area contributed by atoms with Gasteiger partial charge in [-0.25, -0.2) is 4.79 Å². The molecule has 0 heterocycles. The third-order valence-corrected chi connectivity index (χ3v) is 0.379. The maximum Gasteiger partial charge on any atom is 0.373 e. The molecule has 0 bridgehead atoms. The number of hydrogen-bond donors (Lipinski definition) is 0. The van der Waals surface area contributed by atoms with E-state index in [4.69, 9.17) is 0 Å². The minimum Gasteiger partial charge on any atom is -0.465 e. The molecule has 0 unspecified atom stereocenters. The fourth-order valence-corrected chi connectivity index (χ4v) is 0.0891. The zero-order valence-electron chi connectivity index (χ0n) is 4.06. The summed E-state index contributed by atoms with van der Waals surface area (Å²) in [5.41, 5.74) is 0. The zero-order chi connectivity index (χ0) is 5.86. The normalized spacial score (nSPS) is 8.00. The molecular weight excluding hydrogens is 233 g/mol. The Morgan fingerprint density at radius 1 is 1.62 bits per heavy atom. The van der Waals surface area contributed by atoms with Crippen molar-refractivity contribution < 1.29 is 18.3 Å². The maximum absolute atomic E-state index is 11.0. The molecule has 50 valence electrons. The van der Waals surface area contributed by atoms with Crippen LogP contribution in [-0.2, 0) is 9.53 Å². The fourth-order valence-electron chi connectivity index (χ4n) is 0.0891. The van der Waals surface area contributed by atoms with Gasteiger partial charge in [0.15, 0.2) is 0 Å². The third-order valence-electron chi connectivity index (χ3n) is 0.379. The number of carbonyl (C=O) groups excluding carboxylic acids is 1. The van der Waals surface area contributed by atoms with Crippen LogP contribution in [0.4, 0.5) is 8.78 Å². The Bertz CT molecular complexity index is 75.7. The summed E-state index contributed by atoms with van der Waals surface area (Å²) in [6.07, 6.45) is -3.00. The Balaban J connectivity index is 0. The van der Waals surface area contributed by atoms with Gasteiger partial charge in [0.05, 0.1) is 7.11 Å². The van der Waals surface area contributed by atoms with Gasteiger partial charge in [-0.15, -0.1) is 24.0 Å². The van der Waals surface area contributed by atoms with E-state index in [1.165, 1.54) is 0 Å². The summed E-state index contributed by atoms with van der Waals surface area (Å²) < 4.78 is 25.5. The highest BCUT2D eigenvalue weighted by Crippen LogP contribution is 1.92. The van der Waals surface area contributed by atoms with Gasteiger partial charge < -0.3 is 4.74 Å². The molecule has 0 N–H and O–H groups in total. The number of alkyl halides is 2. The van der Waals surface area contributed by atoms with E-state index in [9.17, 15) is 13.6 Å². The molecule has 0 saturated heterocycles. The highest BCUT2D eigenvalue weighted by atomic mass is 127. The lowest BCUT2D eigenvalue weighted by molar-refractivity contribution is -0.153. The number of hydrogen-bond acceptors (Lipinski definition) is 2. The van der Waals surface area contributed by atoms with Gasteiger partial charge in [0.1, 0.15) is 0 Å². The molecule has 0 fully saturated rings. The molecule has 0 aliphatic carbocycles. The van der Waals surface area contributed by atoms with Crippen molar-refractivity contribution in [2.75, 3.05) is 7.11 Å². The first kappa shape index (κ1) is 10.9. The molecule has 2 nitrogen and oxygen atoms in total. The van der Waals surface area contributed by atoms with Crippen molar-refractivity contribution in [1.82, 2.24) is 0 Å². The van der Waals surface area contributed by atoms with Gasteiger partial charge in [0, 0.05) is 0 Å². The SMILES string of the molecule is COC(=O)C(F)F.I. The minimum absolute atomic E-state index is 0. The number of halogens is 3. The van der Waals surface area contributed by atoms with Crippen LogP contribution < -0.4 is 0 Å². The van der Waals surface area contributed by atoms with E-state index in [1.54, 1.807) is 0 Å². The number of carbonyl (C=O) groups is 1. The number of rotatable bonds is 1. The molecule has 0 aliphatic rings. The number of ether oxygens (including phenoxy) is 1. The first-order valence-corrected chi connectivity index (χ1v) is 1.54. The van der Waals surface area contributed by atoms with Crippen molar-refractivity contribution in [3.8, 4) is 0 Å². The van der Waals surface area contributed by atoms with Gasteiger partial charge in [-0.1, -0.05) is 0 Å². The molecule has 0 aromatic heterocycles. The quantitative estimate of drug-likeness (QED) is 0.504. The van der Waals surface area contributed by atoms with Crippen molar-refractivity contribution in [2.24, 2.45) is 0 Å². The largest absolute Gasteiger partial charge is 0.465 e. The minimum atomic E-state index is -3.00. The number of esters is 1. The van der Waals surface area contributed by atoms with Crippen LogP contribution in [0.15, 0.2) is 0 Å². The van der Waals surface area contributed by atoms with E-state index in [2.05, 4.69) is 4.74 Å². The summed E-state index contributed by atoms with van der Waals surface area (Å²) in [7, 11) is 0.911. The van der Waals surface area contributed by atoms with Crippen LogP contribution >= 0.6 is 24.0 Å².